The van der Waals surface area contributed by atoms with E-state index >= 15 is 0 Å². The topological polar surface area (TPSA) is 14.1 Å². The van der Waals surface area contributed by atoms with E-state index in [-0.39, 0.29) is 65.3 Å². The van der Waals surface area contributed by atoms with Crippen LogP contribution in [0.15, 0.2) is 30.3 Å². The first-order valence-corrected chi connectivity index (χ1v) is 11.0. The second-order valence-electron chi connectivity index (χ2n) is 8.34. The molecule has 0 unspecified atom stereocenters. The summed E-state index contributed by atoms with van der Waals surface area (Å²) in [6, 6.07) is 12.5. The van der Waals surface area contributed by atoms with Crippen LogP contribution in [0.2, 0.25) is 0 Å². The van der Waals surface area contributed by atoms with E-state index < -0.39 is 0 Å². The maximum atomic E-state index is 5.04. The van der Waals surface area contributed by atoms with Gasteiger partial charge < -0.3 is 4.98 Å². The molecule has 4 rings (SSSR count). The van der Waals surface area contributed by atoms with Crippen LogP contribution in [0.3, 0.4) is 0 Å². The Kier molecular flexibility index (Phi) is 21.0. The number of aryl methyl sites for hydroxylation is 4. The third kappa shape index (κ3) is 8.34. The van der Waals surface area contributed by atoms with Gasteiger partial charge in [0.15, 0.2) is 0 Å². The van der Waals surface area contributed by atoms with E-state index in [1.807, 2.05) is 30.3 Å². The van der Waals surface area contributed by atoms with Crippen LogP contribution in [0.4, 0.5) is 0 Å². The molecule has 35 heavy (non-hydrogen) atoms. The van der Waals surface area contributed by atoms with Gasteiger partial charge in [0.2, 0.25) is 0 Å². The summed E-state index contributed by atoms with van der Waals surface area (Å²) in [6.45, 7) is 22.1. The summed E-state index contributed by atoms with van der Waals surface area (Å²) in [4.78, 5) is 5.04. The maximum absolute atomic E-state index is 5.04. The van der Waals surface area contributed by atoms with Crippen LogP contribution >= 0.6 is 0 Å². The van der Waals surface area contributed by atoms with Crippen molar-refractivity contribution in [3.05, 3.63) is 80.9 Å². The van der Waals surface area contributed by atoms with Gasteiger partial charge in [-0.15, -0.1) is 11.0 Å². The number of rotatable bonds is 0. The molecule has 0 fully saturated rings. The van der Waals surface area contributed by atoms with E-state index in [0.29, 0.717) is 0 Å². The van der Waals surface area contributed by atoms with Crippen LogP contribution in [0.1, 0.15) is 94.5 Å². The van der Waals surface area contributed by atoms with Crippen molar-refractivity contribution in [2.24, 2.45) is 0 Å². The van der Waals surface area contributed by atoms with Crippen LogP contribution in [-0.2, 0) is 0 Å². The molecule has 0 aliphatic heterocycles. The predicted molar refractivity (Wildman–Crippen MR) is 161 cm³/mol. The average Bonchev–Trinajstić information content (AvgIpc) is 3.16. The SMILES string of the molecule is C.C.C.C.CCC.Cc1c(C)c(C)c2c([n-]c3c(C)c(C)c(C)c(C)c32)c1C.[La].[c-]1ccccc1. The van der Waals surface area contributed by atoms with Crippen LogP contribution in [0.25, 0.3) is 21.8 Å². The van der Waals surface area contributed by atoms with E-state index in [9.17, 15) is 0 Å². The van der Waals surface area contributed by atoms with Gasteiger partial charge in [0.05, 0.1) is 0 Å². The molecule has 4 aromatic rings. The van der Waals surface area contributed by atoms with Gasteiger partial charge in [-0.2, -0.15) is 36.4 Å². The Hall–Kier alpha value is -1.35. The molecule has 0 aliphatic rings. The minimum Gasteiger partial charge on any atom is -0.656 e. The average molecular weight is 603 g/mol. The van der Waals surface area contributed by atoms with Crippen molar-refractivity contribution in [1.29, 1.82) is 0 Å². The number of hydrogen-bond acceptors (Lipinski definition) is 0. The Morgan fingerprint density at radius 2 is 0.800 bits per heavy atom. The molecule has 3 aromatic carbocycles. The van der Waals surface area contributed by atoms with E-state index in [4.69, 9.17) is 4.98 Å². The molecule has 0 saturated heterocycles. The molecular formula is C33H53LaN-2. The molecule has 1 radical (unpaired) electrons. The van der Waals surface area contributed by atoms with Crippen LogP contribution in [-0.4, -0.2) is 0 Å². The number of hydrogen-bond donors (Lipinski definition) is 0. The maximum Gasteiger partial charge on any atom is 0 e. The third-order valence-corrected chi connectivity index (χ3v) is 6.39. The molecule has 1 nitrogen and oxygen atoms in total. The van der Waals surface area contributed by atoms with Crippen LogP contribution in [0, 0.1) is 97.1 Å². The number of fused-ring (bicyclic) bond motifs is 3. The number of benzene rings is 3. The number of aromatic nitrogens is 1. The quantitative estimate of drug-likeness (QED) is 0.183. The standard InChI is InChI=1S/C20H24N.C6H5.C3H8.4CH4.La/c1-9-11(3)15(7)19-17(13(9)5)18-14(6)10(2)12(4)16(8)20(18)21-19;1-2-4-6-5-3-1;1-3-2;;;;;/h1-8H3;1-5H;3H2,1-2H3;4*1H4;/q2*-1;;;;;;. The molecule has 1 aromatic heterocycles. The largest absolute Gasteiger partial charge is 0.656 e. The Labute approximate surface area is 247 Å². The van der Waals surface area contributed by atoms with Crippen molar-refractivity contribution in [3.63, 3.8) is 0 Å². The minimum absolute atomic E-state index is 0. The molecule has 0 amide bonds. The zero-order valence-electron chi connectivity index (χ0n) is 21.1. The summed E-state index contributed by atoms with van der Waals surface area (Å²) in [6.07, 6.45) is 1.25. The fourth-order valence-electron chi connectivity index (χ4n) is 3.93. The minimum atomic E-state index is 0. The summed E-state index contributed by atoms with van der Waals surface area (Å²) in [5, 5.41) is 2.74. The fourth-order valence-corrected chi connectivity index (χ4v) is 3.93. The molecule has 0 N–H and O–H groups in total. The van der Waals surface area contributed by atoms with Crippen molar-refractivity contribution in [2.75, 3.05) is 0 Å². The van der Waals surface area contributed by atoms with Crippen molar-refractivity contribution < 1.29 is 35.6 Å². The van der Waals surface area contributed by atoms with Crippen molar-refractivity contribution in [2.45, 2.75) is 105 Å². The molecule has 0 spiro atoms. The summed E-state index contributed by atoms with van der Waals surface area (Å²) < 4.78 is 0. The third-order valence-electron chi connectivity index (χ3n) is 6.39. The Morgan fingerprint density at radius 3 is 1.03 bits per heavy atom. The van der Waals surface area contributed by atoms with Gasteiger partial charge in [-0.1, -0.05) is 61.1 Å². The summed E-state index contributed by atoms with van der Waals surface area (Å²) in [7, 11) is 0. The smallest absolute Gasteiger partial charge is 0 e. The first kappa shape index (κ1) is 40.8. The predicted octanol–water partition coefficient (Wildman–Crippen LogP) is 10.9. The van der Waals surface area contributed by atoms with Gasteiger partial charge in [-0.3, -0.25) is 0 Å². The van der Waals surface area contributed by atoms with Crippen LogP contribution < -0.4 is 4.98 Å². The monoisotopic (exact) mass is 602 g/mol. The molecule has 0 atom stereocenters. The van der Waals surface area contributed by atoms with Crippen LogP contribution in [0.5, 0.6) is 0 Å². The molecule has 2 heteroatoms. The molecule has 0 saturated carbocycles. The van der Waals surface area contributed by atoms with Crippen molar-refractivity contribution in [1.82, 2.24) is 4.98 Å². The Bertz CT molecular complexity index is 1050. The zero-order valence-corrected chi connectivity index (χ0v) is 24.7. The van der Waals surface area contributed by atoms with Gasteiger partial charge in [0.25, 0.3) is 0 Å². The first-order chi connectivity index (χ1) is 14.2. The van der Waals surface area contributed by atoms with Gasteiger partial charge >= 0.3 is 0 Å². The van der Waals surface area contributed by atoms with E-state index in [0.717, 1.165) is 0 Å². The number of nitrogens with zero attached hydrogens (tertiary/aromatic N) is 1. The molecule has 195 valence electrons. The van der Waals surface area contributed by atoms with Gasteiger partial charge in [-0.25, -0.2) is 0 Å². The van der Waals surface area contributed by atoms with Gasteiger partial charge in [0.1, 0.15) is 0 Å². The normalized spacial score (nSPS) is 8.97. The first-order valence-electron chi connectivity index (χ1n) is 11.0. The summed E-state index contributed by atoms with van der Waals surface area (Å²) >= 11 is 0. The summed E-state index contributed by atoms with van der Waals surface area (Å²) in [5.41, 5.74) is 13.4. The van der Waals surface area contributed by atoms with Crippen molar-refractivity contribution >= 4 is 21.8 Å². The summed E-state index contributed by atoms with van der Waals surface area (Å²) in [5.74, 6) is 0. The molecule has 1 heterocycles. The molecule has 0 bridgehead atoms. The molecule has 0 aliphatic carbocycles. The van der Waals surface area contributed by atoms with E-state index in [2.05, 4.69) is 75.3 Å². The van der Waals surface area contributed by atoms with Gasteiger partial charge in [-0.05, 0) is 99.5 Å². The zero-order chi connectivity index (χ0) is 22.6. The van der Waals surface area contributed by atoms with E-state index in [1.54, 1.807) is 0 Å². The van der Waals surface area contributed by atoms with Gasteiger partial charge in [0, 0.05) is 35.6 Å². The van der Waals surface area contributed by atoms with Crippen molar-refractivity contribution in [3.8, 4) is 0 Å². The second-order valence-corrected chi connectivity index (χ2v) is 8.34. The Morgan fingerprint density at radius 1 is 0.514 bits per heavy atom. The Balaban J connectivity index is -0.000000296. The molecular weight excluding hydrogens is 549 g/mol. The van der Waals surface area contributed by atoms with E-state index in [1.165, 1.54) is 72.7 Å². The fraction of sp³-hybridized carbons (Fsp3) is 0.455. The second kappa shape index (κ2) is 18.0.